The number of rotatable bonds is 3. The van der Waals surface area contributed by atoms with Gasteiger partial charge in [-0.05, 0) is 13.0 Å². The van der Waals surface area contributed by atoms with Gasteiger partial charge in [0.05, 0.1) is 11.9 Å². The molecule has 1 atom stereocenters. The van der Waals surface area contributed by atoms with Crippen LogP contribution in [0, 0.1) is 0 Å². The van der Waals surface area contributed by atoms with Gasteiger partial charge in [-0.3, -0.25) is 0 Å². The van der Waals surface area contributed by atoms with Crippen molar-refractivity contribution in [2.24, 2.45) is 7.05 Å². The predicted octanol–water partition coefficient (Wildman–Crippen LogP) is -0.733. The third-order valence-electron chi connectivity index (χ3n) is 2.28. The largest absolute Gasteiger partial charge is 0.315 e. The Kier molecular flexibility index (Phi) is 2.56. The van der Waals surface area contributed by atoms with Crippen molar-refractivity contribution in [2.45, 2.75) is 19.0 Å². The molecule has 1 aromatic heterocycles. The molecule has 0 bridgehead atoms. The van der Waals surface area contributed by atoms with Crippen molar-refractivity contribution in [3.05, 3.63) is 11.9 Å². The molecule has 2 N–H and O–H groups in total. The zero-order valence-electron chi connectivity index (χ0n) is 7.82. The van der Waals surface area contributed by atoms with E-state index in [4.69, 9.17) is 0 Å². The fraction of sp³-hybridized carbons (Fsp3) is 0.750. The minimum Gasteiger partial charge on any atom is -0.315 e. The molecule has 0 amide bonds. The van der Waals surface area contributed by atoms with Gasteiger partial charge in [0, 0.05) is 26.2 Å². The lowest BCUT2D eigenvalue weighted by Gasteiger charge is -2.08. The second-order valence-electron chi connectivity index (χ2n) is 3.40. The first kappa shape index (κ1) is 8.65. The summed E-state index contributed by atoms with van der Waals surface area (Å²) >= 11 is 0. The minimum atomic E-state index is 0.599. The molecule has 5 heteroatoms. The van der Waals surface area contributed by atoms with Gasteiger partial charge in [0.15, 0.2) is 0 Å². The van der Waals surface area contributed by atoms with Crippen molar-refractivity contribution in [1.29, 1.82) is 0 Å². The summed E-state index contributed by atoms with van der Waals surface area (Å²) in [5, 5.41) is 14.9. The predicted molar refractivity (Wildman–Crippen MR) is 49.1 cm³/mol. The smallest absolute Gasteiger partial charge is 0.0964 e. The zero-order chi connectivity index (χ0) is 9.10. The lowest BCUT2D eigenvalue weighted by molar-refractivity contribution is 0.536. The lowest BCUT2D eigenvalue weighted by Crippen LogP contribution is -2.30. The Morgan fingerprint density at radius 2 is 2.69 bits per heavy atom. The topological polar surface area (TPSA) is 54.8 Å². The molecule has 2 heterocycles. The van der Waals surface area contributed by atoms with E-state index in [0.717, 1.165) is 25.3 Å². The van der Waals surface area contributed by atoms with Gasteiger partial charge in [0.1, 0.15) is 0 Å². The summed E-state index contributed by atoms with van der Waals surface area (Å²) in [6, 6.07) is 0.599. The van der Waals surface area contributed by atoms with Crippen molar-refractivity contribution in [3.8, 4) is 0 Å². The monoisotopic (exact) mass is 181 g/mol. The number of aryl methyl sites for hydroxylation is 1. The molecule has 13 heavy (non-hydrogen) atoms. The average Bonchev–Trinajstić information content (AvgIpc) is 2.71. The highest BCUT2D eigenvalue weighted by atomic mass is 15.4. The van der Waals surface area contributed by atoms with Crippen LogP contribution in [0.2, 0.25) is 0 Å². The van der Waals surface area contributed by atoms with Crippen LogP contribution in [0.3, 0.4) is 0 Å². The van der Waals surface area contributed by atoms with E-state index in [1.165, 1.54) is 6.42 Å². The second kappa shape index (κ2) is 3.85. The maximum Gasteiger partial charge on any atom is 0.0964 e. The summed E-state index contributed by atoms with van der Waals surface area (Å²) in [6.07, 6.45) is 3.01. The average molecular weight is 181 g/mol. The van der Waals surface area contributed by atoms with E-state index in [1.807, 2.05) is 7.05 Å². The van der Waals surface area contributed by atoms with Gasteiger partial charge in [0.25, 0.3) is 0 Å². The molecule has 0 spiro atoms. The maximum atomic E-state index is 4.19. The van der Waals surface area contributed by atoms with Crippen LogP contribution >= 0.6 is 0 Å². The molecule has 5 nitrogen and oxygen atoms in total. The van der Waals surface area contributed by atoms with E-state index >= 15 is 0 Å². The van der Waals surface area contributed by atoms with E-state index in [1.54, 1.807) is 11.0 Å². The third-order valence-corrected chi connectivity index (χ3v) is 2.28. The van der Waals surface area contributed by atoms with Gasteiger partial charge >= 0.3 is 0 Å². The summed E-state index contributed by atoms with van der Waals surface area (Å²) in [4.78, 5) is 1.59. The summed E-state index contributed by atoms with van der Waals surface area (Å²) in [6.45, 7) is 3.01. The van der Waals surface area contributed by atoms with Crippen molar-refractivity contribution < 1.29 is 0 Å². The summed E-state index contributed by atoms with van der Waals surface area (Å²) < 4.78 is 0. The highest BCUT2D eigenvalue weighted by Gasteiger charge is 2.13. The standard InChI is InChI=1S/C8H15N5/c1-13-11-6-8(12-13)5-10-7-2-3-9-4-7/h6-7,9-10H,2-5H2,1H3/t7-/m0/s1. The second-order valence-corrected chi connectivity index (χ2v) is 3.40. The molecule has 1 fully saturated rings. The first-order valence-electron chi connectivity index (χ1n) is 4.64. The normalized spacial score (nSPS) is 22.4. The lowest BCUT2D eigenvalue weighted by atomic mass is 10.2. The minimum absolute atomic E-state index is 0.599. The maximum absolute atomic E-state index is 4.19. The molecule has 72 valence electrons. The molecule has 2 rings (SSSR count). The van der Waals surface area contributed by atoms with Crippen molar-refractivity contribution in [1.82, 2.24) is 25.6 Å². The fourth-order valence-electron chi connectivity index (χ4n) is 1.55. The number of aromatic nitrogens is 3. The first-order valence-corrected chi connectivity index (χ1v) is 4.64. The van der Waals surface area contributed by atoms with Gasteiger partial charge in [-0.2, -0.15) is 15.0 Å². The summed E-state index contributed by atoms with van der Waals surface area (Å²) in [5.74, 6) is 0. The molecule has 0 aromatic carbocycles. The van der Waals surface area contributed by atoms with Crippen LogP contribution in [0.25, 0.3) is 0 Å². The third kappa shape index (κ3) is 2.26. The Morgan fingerprint density at radius 1 is 1.77 bits per heavy atom. The van der Waals surface area contributed by atoms with Crippen LogP contribution in [0.15, 0.2) is 6.20 Å². The molecule has 1 aliphatic heterocycles. The van der Waals surface area contributed by atoms with E-state index in [0.29, 0.717) is 6.04 Å². The Bertz CT molecular complexity index is 263. The molecule has 0 aliphatic carbocycles. The molecular weight excluding hydrogens is 166 g/mol. The summed E-state index contributed by atoms with van der Waals surface area (Å²) in [5.41, 5.74) is 1.01. The Balaban J connectivity index is 1.78. The van der Waals surface area contributed by atoms with E-state index < -0.39 is 0 Å². The van der Waals surface area contributed by atoms with Crippen LogP contribution in [0.1, 0.15) is 12.1 Å². The number of nitrogens with zero attached hydrogens (tertiary/aromatic N) is 3. The van der Waals surface area contributed by atoms with Crippen LogP contribution in [-0.2, 0) is 13.6 Å². The Hall–Kier alpha value is -0.940. The summed E-state index contributed by atoms with van der Waals surface area (Å²) in [7, 11) is 1.83. The fourth-order valence-corrected chi connectivity index (χ4v) is 1.55. The molecule has 0 unspecified atom stereocenters. The van der Waals surface area contributed by atoms with Gasteiger partial charge in [-0.1, -0.05) is 0 Å². The SMILES string of the molecule is Cn1ncc(CN[C@H]2CCNC2)n1. The van der Waals surface area contributed by atoms with Crippen LogP contribution in [-0.4, -0.2) is 34.1 Å². The van der Waals surface area contributed by atoms with Crippen LogP contribution < -0.4 is 10.6 Å². The molecule has 0 saturated carbocycles. The number of hydrogen-bond acceptors (Lipinski definition) is 4. The van der Waals surface area contributed by atoms with Gasteiger partial charge in [-0.15, -0.1) is 0 Å². The van der Waals surface area contributed by atoms with Gasteiger partial charge in [-0.25, -0.2) is 0 Å². The van der Waals surface area contributed by atoms with Crippen molar-refractivity contribution in [2.75, 3.05) is 13.1 Å². The quantitative estimate of drug-likeness (QED) is 0.645. The van der Waals surface area contributed by atoms with E-state index in [9.17, 15) is 0 Å². The zero-order valence-corrected chi connectivity index (χ0v) is 7.82. The van der Waals surface area contributed by atoms with Crippen LogP contribution in [0.4, 0.5) is 0 Å². The molecule has 1 aromatic rings. The van der Waals surface area contributed by atoms with Crippen LogP contribution in [0.5, 0.6) is 0 Å². The molecule has 0 radical (unpaired) electrons. The van der Waals surface area contributed by atoms with E-state index in [-0.39, 0.29) is 0 Å². The Labute approximate surface area is 77.5 Å². The highest BCUT2D eigenvalue weighted by Crippen LogP contribution is 1.98. The Morgan fingerprint density at radius 3 is 3.31 bits per heavy atom. The van der Waals surface area contributed by atoms with Crippen molar-refractivity contribution >= 4 is 0 Å². The van der Waals surface area contributed by atoms with E-state index in [2.05, 4.69) is 20.8 Å². The molecule has 1 aliphatic rings. The van der Waals surface area contributed by atoms with Crippen molar-refractivity contribution in [3.63, 3.8) is 0 Å². The van der Waals surface area contributed by atoms with Gasteiger partial charge in [0.2, 0.25) is 0 Å². The number of hydrogen-bond donors (Lipinski definition) is 2. The molecule has 1 saturated heterocycles. The highest BCUT2D eigenvalue weighted by molar-refractivity contribution is 4.91. The first-order chi connectivity index (χ1) is 6.34. The number of nitrogens with one attached hydrogen (secondary N) is 2. The molecular formula is C8H15N5. The van der Waals surface area contributed by atoms with Gasteiger partial charge < -0.3 is 10.6 Å².